The van der Waals surface area contributed by atoms with Crippen LogP contribution in [0.3, 0.4) is 0 Å². The largest absolute Gasteiger partial charge is 0.380 e. The SMILES string of the molecule is CC(CN)Nc1ccncc1Cl. The van der Waals surface area contributed by atoms with Gasteiger partial charge in [0.15, 0.2) is 0 Å². The Morgan fingerprint density at radius 1 is 1.75 bits per heavy atom. The van der Waals surface area contributed by atoms with E-state index in [0.29, 0.717) is 11.6 Å². The minimum atomic E-state index is 0.227. The van der Waals surface area contributed by atoms with Crippen molar-refractivity contribution in [3.8, 4) is 0 Å². The van der Waals surface area contributed by atoms with Crippen molar-refractivity contribution in [3.05, 3.63) is 23.5 Å². The molecule has 0 fully saturated rings. The second kappa shape index (κ2) is 4.28. The fourth-order valence-corrected chi connectivity index (χ4v) is 0.991. The van der Waals surface area contributed by atoms with E-state index >= 15 is 0 Å². The van der Waals surface area contributed by atoms with Crippen LogP contribution in [-0.4, -0.2) is 17.6 Å². The van der Waals surface area contributed by atoms with E-state index in [1.165, 1.54) is 0 Å². The molecule has 0 radical (unpaired) electrons. The van der Waals surface area contributed by atoms with E-state index < -0.39 is 0 Å². The van der Waals surface area contributed by atoms with Crippen LogP contribution < -0.4 is 11.1 Å². The minimum Gasteiger partial charge on any atom is -0.380 e. The Balaban J connectivity index is 2.69. The van der Waals surface area contributed by atoms with Crippen LogP contribution >= 0.6 is 11.6 Å². The lowest BCUT2D eigenvalue weighted by atomic mass is 10.3. The summed E-state index contributed by atoms with van der Waals surface area (Å²) >= 11 is 5.86. The standard InChI is InChI=1S/C8H12ClN3/c1-6(4-10)12-8-2-3-11-5-7(8)9/h2-3,5-6H,4,10H2,1H3,(H,11,12). The first-order valence-electron chi connectivity index (χ1n) is 3.80. The maximum Gasteiger partial charge on any atom is 0.0820 e. The van der Waals surface area contributed by atoms with Gasteiger partial charge in [0.1, 0.15) is 0 Å². The number of halogens is 1. The van der Waals surface area contributed by atoms with Crippen LogP contribution in [0.4, 0.5) is 5.69 Å². The summed E-state index contributed by atoms with van der Waals surface area (Å²) in [6.07, 6.45) is 3.30. The summed E-state index contributed by atoms with van der Waals surface area (Å²) in [7, 11) is 0. The lowest BCUT2D eigenvalue weighted by Crippen LogP contribution is -2.25. The molecule has 3 N–H and O–H groups in total. The molecule has 0 spiro atoms. The molecule has 3 nitrogen and oxygen atoms in total. The number of nitrogens with one attached hydrogen (secondary N) is 1. The highest BCUT2D eigenvalue weighted by Crippen LogP contribution is 2.19. The van der Waals surface area contributed by atoms with Crippen LogP contribution in [0.1, 0.15) is 6.92 Å². The summed E-state index contributed by atoms with van der Waals surface area (Å²) in [4.78, 5) is 3.87. The number of aromatic nitrogens is 1. The Kier molecular flexibility index (Phi) is 3.31. The molecule has 0 amide bonds. The minimum absolute atomic E-state index is 0.227. The van der Waals surface area contributed by atoms with Crippen LogP contribution in [-0.2, 0) is 0 Å². The number of nitrogens with two attached hydrogens (primary N) is 1. The third kappa shape index (κ3) is 2.36. The fraction of sp³-hybridized carbons (Fsp3) is 0.375. The third-order valence-corrected chi connectivity index (χ3v) is 1.83. The number of rotatable bonds is 3. The third-order valence-electron chi connectivity index (χ3n) is 1.53. The van der Waals surface area contributed by atoms with Crippen molar-refractivity contribution in [1.82, 2.24) is 4.98 Å². The van der Waals surface area contributed by atoms with Gasteiger partial charge >= 0.3 is 0 Å². The van der Waals surface area contributed by atoms with Gasteiger partial charge in [0.05, 0.1) is 10.7 Å². The molecule has 12 heavy (non-hydrogen) atoms. The first-order chi connectivity index (χ1) is 5.74. The summed E-state index contributed by atoms with van der Waals surface area (Å²) < 4.78 is 0. The van der Waals surface area contributed by atoms with E-state index in [1.807, 2.05) is 13.0 Å². The van der Waals surface area contributed by atoms with E-state index in [9.17, 15) is 0 Å². The predicted molar refractivity (Wildman–Crippen MR) is 51.4 cm³/mol. The zero-order valence-corrected chi connectivity index (χ0v) is 7.67. The van der Waals surface area contributed by atoms with Crippen molar-refractivity contribution in [2.45, 2.75) is 13.0 Å². The van der Waals surface area contributed by atoms with Crippen molar-refractivity contribution in [2.24, 2.45) is 5.73 Å². The Morgan fingerprint density at radius 3 is 3.08 bits per heavy atom. The monoisotopic (exact) mass is 185 g/mol. The maximum absolute atomic E-state index is 5.86. The van der Waals surface area contributed by atoms with Gasteiger partial charge < -0.3 is 11.1 Å². The molecule has 1 rings (SSSR count). The van der Waals surface area contributed by atoms with Gasteiger partial charge in [-0.3, -0.25) is 4.98 Å². The molecule has 0 aromatic carbocycles. The molecule has 0 aliphatic heterocycles. The second-order valence-corrected chi connectivity index (χ2v) is 3.04. The van der Waals surface area contributed by atoms with Crippen molar-refractivity contribution < 1.29 is 0 Å². The number of pyridine rings is 1. The van der Waals surface area contributed by atoms with E-state index in [0.717, 1.165) is 5.69 Å². The molecule has 1 heterocycles. The van der Waals surface area contributed by atoms with Crippen molar-refractivity contribution in [3.63, 3.8) is 0 Å². The molecular formula is C8H12ClN3. The lowest BCUT2D eigenvalue weighted by molar-refractivity contribution is 0.804. The van der Waals surface area contributed by atoms with Crippen LogP contribution in [0.5, 0.6) is 0 Å². The van der Waals surface area contributed by atoms with Crippen LogP contribution in [0.15, 0.2) is 18.5 Å². The molecule has 1 aromatic heterocycles. The molecule has 0 saturated heterocycles. The highest BCUT2D eigenvalue weighted by Gasteiger charge is 2.01. The van der Waals surface area contributed by atoms with E-state index in [-0.39, 0.29) is 6.04 Å². The molecular weight excluding hydrogens is 174 g/mol. The van der Waals surface area contributed by atoms with E-state index in [2.05, 4.69) is 10.3 Å². The van der Waals surface area contributed by atoms with Crippen molar-refractivity contribution >= 4 is 17.3 Å². The van der Waals surface area contributed by atoms with Gasteiger partial charge in [-0.05, 0) is 13.0 Å². The Bertz CT molecular complexity index is 252. The van der Waals surface area contributed by atoms with Crippen molar-refractivity contribution in [1.29, 1.82) is 0 Å². The molecule has 0 aliphatic rings. The van der Waals surface area contributed by atoms with E-state index in [4.69, 9.17) is 17.3 Å². The highest BCUT2D eigenvalue weighted by molar-refractivity contribution is 6.33. The van der Waals surface area contributed by atoms with Crippen LogP contribution in [0.25, 0.3) is 0 Å². The summed E-state index contributed by atoms with van der Waals surface area (Å²) in [6.45, 7) is 2.58. The summed E-state index contributed by atoms with van der Waals surface area (Å²) in [5, 5.41) is 3.79. The molecule has 66 valence electrons. The quantitative estimate of drug-likeness (QED) is 0.751. The predicted octanol–water partition coefficient (Wildman–Crippen LogP) is 1.49. The lowest BCUT2D eigenvalue weighted by Gasteiger charge is -2.13. The topological polar surface area (TPSA) is 50.9 Å². The van der Waals surface area contributed by atoms with Crippen LogP contribution in [0.2, 0.25) is 5.02 Å². The average molecular weight is 186 g/mol. The smallest absolute Gasteiger partial charge is 0.0820 e. The Labute approximate surface area is 76.9 Å². The molecule has 1 atom stereocenters. The number of anilines is 1. The van der Waals surface area contributed by atoms with Gasteiger partial charge in [-0.25, -0.2) is 0 Å². The molecule has 1 unspecified atom stereocenters. The van der Waals surface area contributed by atoms with Gasteiger partial charge in [0, 0.05) is 25.0 Å². The maximum atomic E-state index is 5.86. The molecule has 1 aromatic rings. The van der Waals surface area contributed by atoms with Gasteiger partial charge in [-0.15, -0.1) is 0 Å². The van der Waals surface area contributed by atoms with E-state index in [1.54, 1.807) is 12.4 Å². The zero-order valence-electron chi connectivity index (χ0n) is 6.92. The first-order valence-corrected chi connectivity index (χ1v) is 4.18. The molecule has 0 aliphatic carbocycles. The Hall–Kier alpha value is -0.800. The normalized spacial score (nSPS) is 12.6. The molecule has 0 saturated carbocycles. The second-order valence-electron chi connectivity index (χ2n) is 2.64. The van der Waals surface area contributed by atoms with Gasteiger partial charge in [-0.1, -0.05) is 11.6 Å². The highest BCUT2D eigenvalue weighted by atomic mass is 35.5. The fourth-order valence-electron chi connectivity index (χ4n) is 0.817. The van der Waals surface area contributed by atoms with Gasteiger partial charge in [0.25, 0.3) is 0 Å². The molecule has 4 heteroatoms. The first kappa shape index (κ1) is 9.29. The van der Waals surface area contributed by atoms with Gasteiger partial charge in [0.2, 0.25) is 0 Å². The van der Waals surface area contributed by atoms with Crippen LogP contribution in [0, 0.1) is 0 Å². The Morgan fingerprint density at radius 2 is 2.50 bits per heavy atom. The molecule has 0 bridgehead atoms. The summed E-state index contributed by atoms with van der Waals surface area (Å²) in [6, 6.07) is 2.05. The number of hydrogen-bond acceptors (Lipinski definition) is 3. The summed E-state index contributed by atoms with van der Waals surface area (Å²) in [5.41, 5.74) is 6.33. The van der Waals surface area contributed by atoms with Gasteiger partial charge in [-0.2, -0.15) is 0 Å². The number of hydrogen-bond donors (Lipinski definition) is 2. The van der Waals surface area contributed by atoms with Crippen molar-refractivity contribution in [2.75, 3.05) is 11.9 Å². The number of nitrogens with zero attached hydrogens (tertiary/aromatic N) is 1. The summed E-state index contributed by atoms with van der Waals surface area (Å²) in [5.74, 6) is 0. The zero-order chi connectivity index (χ0) is 8.97. The average Bonchev–Trinajstić information content (AvgIpc) is 2.09.